The summed E-state index contributed by atoms with van der Waals surface area (Å²) >= 11 is 5.60. The van der Waals surface area contributed by atoms with Gasteiger partial charge in [0, 0.05) is 6.20 Å². The van der Waals surface area contributed by atoms with Crippen LogP contribution in [-0.2, 0) is 10.0 Å². The Morgan fingerprint density at radius 3 is 2.62 bits per heavy atom. The second-order valence-electron chi connectivity index (χ2n) is 3.92. The van der Waals surface area contributed by atoms with E-state index in [4.69, 9.17) is 16.7 Å². The minimum Gasteiger partial charge on any atom is -0.478 e. The van der Waals surface area contributed by atoms with Crippen LogP contribution in [0, 0.1) is 5.82 Å². The lowest BCUT2D eigenvalue weighted by Gasteiger charge is -2.09. The van der Waals surface area contributed by atoms with Gasteiger partial charge in [0.2, 0.25) is 0 Å². The van der Waals surface area contributed by atoms with E-state index in [9.17, 15) is 17.6 Å². The van der Waals surface area contributed by atoms with Crippen molar-refractivity contribution in [1.82, 2.24) is 4.98 Å². The zero-order valence-electron chi connectivity index (χ0n) is 10.2. The van der Waals surface area contributed by atoms with E-state index in [1.807, 2.05) is 4.72 Å². The molecular formula is C12H8ClFN2O4S. The number of carboxylic acid groups (broad SMARTS) is 1. The second kappa shape index (κ2) is 5.66. The number of anilines is 1. The molecule has 0 bridgehead atoms. The number of aromatic carboxylic acids is 1. The van der Waals surface area contributed by atoms with Crippen molar-refractivity contribution >= 4 is 33.3 Å². The van der Waals surface area contributed by atoms with Gasteiger partial charge in [0.15, 0.2) is 0 Å². The zero-order valence-corrected chi connectivity index (χ0v) is 11.8. The van der Waals surface area contributed by atoms with Crippen LogP contribution in [0.3, 0.4) is 0 Å². The molecule has 0 atom stereocenters. The first-order valence-electron chi connectivity index (χ1n) is 5.47. The maximum absolute atomic E-state index is 13.6. The third kappa shape index (κ3) is 3.47. The number of benzene rings is 1. The van der Waals surface area contributed by atoms with Crippen molar-refractivity contribution in [3.63, 3.8) is 0 Å². The molecule has 0 saturated heterocycles. The Balaban J connectivity index is 2.41. The van der Waals surface area contributed by atoms with Crippen molar-refractivity contribution in [3.8, 4) is 0 Å². The summed E-state index contributed by atoms with van der Waals surface area (Å²) in [5, 5.41) is 8.78. The van der Waals surface area contributed by atoms with Gasteiger partial charge >= 0.3 is 5.97 Å². The number of nitrogens with zero attached hydrogens (tertiary/aromatic N) is 1. The maximum atomic E-state index is 13.6. The molecule has 1 heterocycles. The van der Waals surface area contributed by atoms with E-state index in [1.54, 1.807) is 0 Å². The highest BCUT2D eigenvalue weighted by atomic mass is 35.5. The molecule has 21 heavy (non-hydrogen) atoms. The highest BCUT2D eigenvalue weighted by Gasteiger charge is 2.18. The molecule has 110 valence electrons. The summed E-state index contributed by atoms with van der Waals surface area (Å²) in [4.78, 5) is 14.2. The number of sulfonamides is 1. The second-order valence-corrected chi connectivity index (χ2v) is 5.99. The molecule has 2 aromatic rings. The molecule has 0 aliphatic heterocycles. The molecule has 6 nitrogen and oxygen atoms in total. The van der Waals surface area contributed by atoms with Gasteiger partial charge in [0.1, 0.15) is 11.0 Å². The van der Waals surface area contributed by atoms with Crippen molar-refractivity contribution in [1.29, 1.82) is 0 Å². The Labute approximate surface area is 124 Å². The van der Waals surface area contributed by atoms with Gasteiger partial charge in [0.05, 0.1) is 16.1 Å². The number of rotatable bonds is 4. The van der Waals surface area contributed by atoms with E-state index < -0.39 is 27.5 Å². The third-order valence-corrected chi connectivity index (χ3v) is 4.04. The van der Waals surface area contributed by atoms with E-state index in [-0.39, 0.29) is 15.6 Å². The summed E-state index contributed by atoms with van der Waals surface area (Å²) < 4.78 is 39.7. The van der Waals surface area contributed by atoms with Gasteiger partial charge in [-0.25, -0.2) is 22.6 Å². The van der Waals surface area contributed by atoms with Crippen LogP contribution in [0.2, 0.25) is 5.15 Å². The first kappa shape index (κ1) is 15.2. The molecular weight excluding hydrogens is 323 g/mol. The first-order chi connectivity index (χ1) is 9.79. The molecule has 0 spiro atoms. The summed E-state index contributed by atoms with van der Waals surface area (Å²) in [6, 6.07) is 5.04. The van der Waals surface area contributed by atoms with Gasteiger partial charge < -0.3 is 5.11 Å². The monoisotopic (exact) mass is 330 g/mol. The number of carbonyl (C=O) groups is 1. The Bertz CT molecular complexity index is 811. The molecule has 0 aliphatic rings. The van der Waals surface area contributed by atoms with Crippen LogP contribution in [-0.4, -0.2) is 24.5 Å². The zero-order chi connectivity index (χ0) is 15.6. The lowest BCUT2D eigenvalue weighted by Crippen LogP contribution is -2.14. The van der Waals surface area contributed by atoms with Gasteiger partial charge in [-0.15, -0.1) is 0 Å². The molecule has 1 aromatic heterocycles. The van der Waals surface area contributed by atoms with Crippen molar-refractivity contribution in [3.05, 3.63) is 53.1 Å². The van der Waals surface area contributed by atoms with E-state index in [2.05, 4.69) is 4.98 Å². The predicted molar refractivity (Wildman–Crippen MR) is 73.4 cm³/mol. The SMILES string of the molecule is O=C(O)c1ccc(F)c(NS(=O)(=O)c2ccnc(Cl)c2)c1. The number of nitrogens with one attached hydrogen (secondary N) is 1. The lowest BCUT2D eigenvalue weighted by atomic mass is 10.2. The molecule has 1 aromatic carbocycles. The van der Waals surface area contributed by atoms with Crippen LogP contribution >= 0.6 is 11.6 Å². The molecule has 2 N–H and O–H groups in total. The summed E-state index contributed by atoms with van der Waals surface area (Å²) in [5.74, 6) is -2.20. The molecule has 2 rings (SSSR count). The smallest absolute Gasteiger partial charge is 0.335 e. The van der Waals surface area contributed by atoms with E-state index in [0.29, 0.717) is 0 Å². The fourth-order valence-electron chi connectivity index (χ4n) is 1.49. The topological polar surface area (TPSA) is 96.4 Å². The molecule has 0 fully saturated rings. The van der Waals surface area contributed by atoms with E-state index >= 15 is 0 Å². The summed E-state index contributed by atoms with van der Waals surface area (Å²) in [7, 11) is -4.11. The van der Waals surface area contributed by atoms with Crippen LogP contribution in [0.15, 0.2) is 41.4 Å². The Hall–Kier alpha value is -2.19. The van der Waals surface area contributed by atoms with Gasteiger partial charge in [0.25, 0.3) is 10.0 Å². The lowest BCUT2D eigenvalue weighted by molar-refractivity contribution is 0.0697. The molecule has 0 radical (unpaired) electrons. The van der Waals surface area contributed by atoms with E-state index in [1.165, 1.54) is 12.3 Å². The van der Waals surface area contributed by atoms with Crippen LogP contribution < -0.4 is 4.72 Å². The quantitative estimate of drug-likeness (QED) is 0.839. The number of halogens is 2. The highest BCUT2D eigenvalue weighted by molar-refractivity contribution is 7.92. The fourth-order valence-corrected chi connectivity index (χ4v) is 2.80. The minimum absolute atomic E-state index is 0.0439. The third-order valence-electron chi connectivity index (χ3n) is 2.47. The van der Waals surface area contributed by atoms with Gasteiger partial charge in [-0.3, -0.25) is 4.72 Å². The molecule has 0 unspecified atom stereocenters. The van der Waals surface area contributed by atoms with Crippen LogP contribution in [0.25, 0.3) is 0 Å². The van der Waals surface area contributed by atoms with Crippen LogP contribution in [0.1, 0.15) is 10.4 Å². The maximum Gasteiger partial charge on any atom is 0.335 e. The molecule has 0 amide bonds. The van der Waals surface area contributed by atoms with Crippen molar-refractivity contribution < 1.29 is 22.7 Å². The van der Waals surface area contributed by atoms with E-state index in [0.717, 1.165) is 24.3 Å². The Kier molecular flexibility index (Phi) is 4.10. The summed E-state index contributed by atoms with van der Waals surface area (Å²) in [6.07, 6.45) is 1.18. The Morgan fingerprint density at radius 2 is 2.00 bits per heavy atom. The highest BCUT2D eigenvalue weighted by Crippen LogP contribution is 2.21. The van der Waals surface area contributed by atoms with Gasteiger partial charge in [-0.1, -0.05) is 11.6 Å². The van der Waals surface area contributed by atoms with Crippen molar-refractivity contribution in [2.75, 3.05) is 4.72 Å². The average molecular weight is 331 g/mol. The largest absolute Gasteiger partial charge is 0.478 e. The van der Waals surface area contributed by atoms with Gasteiger partial charge in [-0.2, -0.15) is 0 Å². The van der Waals surface area contributed by atoms with Crippen molar-refractivity contribution in [2.24, 2.45) is 0 Å². The summed E-state index contributed by atoms with van der Waals surface area (Å²) in [6.45, 7) is 0. The predicted octanol–water partition coefficient (Wildman–Crippen LogP) is 2.37. The molecule has 0 saturated carbocycles. The standard InChI is InChI=1S/C12H8ClFN2O4S/c13-11-6-8(3-4-15-11)21(19,20)16-10-5-7(12(17)18)1-2-9(10)14/h1-6,16H,(H,17,18). The molecule has 9 heteroatoms. The minimum atomic E-state index is -4.11. The molecule has 0 aliphatic carbocycles. The first-order valence-corrected chi connectivity index (χ1v) is 7.33. The van der Waals surface area contributed by atoms with Crippen LogP contribution in [0.4, 0.5) is 10.1 Å². The van der Waals surface area contributed by atoms with Crippen molar-refractivity contribution in [2.45, 2.75) is 4.90 Å². The Morgan fingerprint density at radius 1 is 1.29 bits per heavy atom. The number of pyridine rings is 1. The number of hydrogen-bond donors (Lipinski definition) is 2. The summed E-state index contributed by atoms with van der Waals surface area (Å²) in [5.41, 5.74) is -0.718. The number of carboxylic acids is 1. The average Bonchev–Trinajstić information content (AvgIpc) is 2.41. The normalized spacial score (nSPS) is 11.1. The van der Waals surface area contributed by atoms with Gasteiger partial charge in [-0.05, 0) is 30.3 Å². The number of hydrogen-bond acceptors (Lipinski definition) is 4. The fraction of sp³-hybridized carbons (Fsp3) is 0. The number of aromatic nitrogens is 1. The van der Waals surface area contributed by atoms with Crippen LogP contribution in [0.5, 0.6) is 0 Å².